The number of amides is 2. The minimum Gasteiger partial charge on any atom is -0.481 e. The lowest BCUT2D eigenvalue weighted by molar-refractivity contribution is -0.147. The van der Waals surface area contributed by atoms with Gasteiger partial charge in [0, 0.05) is 17.0 Å². The van der Waals surface area contributed by atoms with Crippen LogP contribution in [0.4, 0.5) is 5.00 Å². The predicted octanol–water partition coefficient (Wildman–Crippen LogP) is 4.14. The number of thiophene rings is 1. The number of carboxylic acids is 1. The van der Waals surface area contributed by atoms with Crippen molar-refractivity contribution in [3.05, 3.63) is 41.3 Å². The molecule has 6 nitrogen and oxygen atoms in total. The van der Waals surface area contributed by atoms with Gasteiger partial charge in [-0.3, -0.25) is 14.4 Å². The van der Waals surface area contributed by atoms with Gasteiger partial charge in [0.25, 0.3) is 5.91 Å². The fraction of sp³-hybridized carbons (Fsp3) is 0.409. The van der Waals surface area contributed by atoms with Crippen LogP contribution in [0.1, 0.15) is 48.9 Å². The Morgan fingerprint density at radius 2 is 1.66 bits per heavy atom. The number of benzene rings is 1. The van der Waals surface area contributed by atoms with E-state index in [1.807, 2.05) is 35.7 Å². The Labute approximate surface area is 173 Å². The number of rotatable bonds is 6. The second kappa shape index (κ2) is 8.37. The molecule has 29 heavy (non-hydrogen) atoms. The van der Waals surface area contributed by atoms with Crippen molar-refractivity contribution in [3.8, 4) is 11.1 Å². The number of carbonyl (C=O) groups excluding carboxylic acids is 2. The quantitative estimate of drug-likeness (QED) is 0.665. The van der Waals surface area contributed by atoms with Gasteiger partial charge in [0.05, 0.1) is 17.4 Å². The number of hydrogen-bond acceptors (Lipinski definition) is 4. The molecule has 7 heteroatoms. The molecule has 0 spiro atoms. The number of hydrogen-bond donors (Lipinski definition) is 3. The minimum atomic E-state index is -0.923. The summed E-state index contributed by atoms with van der Waals surface area (Å²) in [5, 5.41) is 17.7. The van der Waals surface area contributed by atoms with Crippen LogP contribution in [0.2, 0.25) is 0 Å². The van der Waals surface area contributed by atoms with E-state index in [2.05, 4.69) is 10.6 Å². The molecule has 2 aromatic rings. The van der Waals surface area contributed by atoms with Crippen molar-refractivity contribution in [2.45, 2.75) is 44.6 Å². The molecular weight excluding hydrogens is 388 g/mol. The van der Waals surface area contributed by atoms with Crippen LogP contribution in [0.3, 0.4) is 0 Å². The topological polar surface area (TPSA) is 95.5 Å². The highest BCUT2D eigenvalue weighted by Crippen LogP contribution is 2.38. The average molecular weight is 413 g/mol. The van der Waals surface area contributed by atoms with Crippen LogP contribution in [0.15, 0.2) is 35.7 Å². The summed E-state index contributed by atoms with van der Waals surface area (Å²) in [4.78, 5) is 37.5. The average Bonchev–Trinajstić information content (AvgIpc) is 3.45. The van der Waals surface area contributed by atoms with E-state index in [4.69, 9.17) is 0 Å². The molecule has 0 unspecified atom stereocenters. The summed E-state index contributed by atoms with van der Waals surface area (Å²) in [5.74, 6) is -2.66. The second-order valence-corrected chi connectivity index (χ2v) is 8.67. The van der Waals surface area contributed by atoms with Crippen molar-refractivity contribution in [1.82, 2.24) is 5.32 Å². The molecule has 1 heterocycles. The van der Waals surface area contributed by atoms with Gasteiger partial charge >= 0.3 is 5.97 Å². The maximum Gasteiger partial charge on any atom is 0.307 e. The molecular formula is C22H24N2O4S. The zero-order valence-electron chi connectivity index (χ0n) is 16.0. The molecule has 2 amide bonds. The third kappa shape index (κ3) is 4.34. The van der Waals surface area contributed by atoms with Crippen molar-refractivity contribution < 1.29 is 19.5 Å². The smallest absolute Gasteiger partial charge is 0.307 e. The maximum atomic E-state index is 13.0. The Bertz CT molecular complexity index is 920. The Morgan fingerprint density at radius 3 is 2.31 bits per heavy atom. The standard InChI is InChI=1S/C22H24N2O4S/c25-19(15-8-4-5-9-16(15)22(27)28)24-21-18(20(26)23-14-10-11-14)17(12-29-21)13-6-2-1-3-7-13/h1-3,6-7,12,14-16H,4-5,8-11H2,(H,23,26)(H,24,25)(H,27,28)/t15-,16+/m1/s1. The summed E-state index contributed by atoms with van der Waals surface area (Å²) in [6, 6.07) is 9.80. The summed E-state index contributed by atoms with van der Waals surface area (Å²) >= 11 is 1.31. The number of nitrogens with one attached hydrogen (secondary N) is 2. The van der Waals surface area contributed by atoms with Crippen molar-refractivity contribution in [2.75, 3.05) is 5.32 Å². The highest BCUT2D eigenvalue weighted by atomic mass is 32.1. The van der Waals surface area contributed by atoms with Gasteiger partial charge in [0.15, 0.2) is 0 Å². The van der Waals surface area contributed by atoms with Crippen molar-refractivity contribution in [1.29, 1.82) is 0 Å². The summed E-state index contributed by atoms with van der Waals surface area (Å²) in [6.45, 7) is 0. The van der Waals surface area contributed by atoms with Gasteiger partial charge in [0.2, 0.25) is 5.91 Å². The maximum absolute atomic E-state index is 13.0. The highest BCUT2D eigenvalue weighted by Gasteiger charge is 2.36. The highest BCUT2D eigenvalue weighted by molar-refractivity contribution is 7.15. The van der Waals surface area contributed by atoms with Crippen molar-refractivity contribution in [2.24, 2.45) is 11.8 Å². The monoisotopic (exact) mass is 412 g/mol. The first-order chi connectivity index (χ1) is 14.0. The van der Waals surface area contributed by atoms with Crippen molar-refractivity contribution in [3.63, 3.8) is 0 Å². The molecule has 1 aromatic carbocycles. The van der Waals surface area contributed by atoms with Crippen LogP contribution in [0.5, 0.6) is 0 Å². The van der Waals surface area contributed by atoms with Crippen LogP contribution in [0, 0.1) is 11.8 Å². The van der Waals surface area contributed by atoms with E-state index in [9.17, 15) is 19.5 Å². The summed E-state index contributed by atoms with van der Waals surface area (Å²) < 4.78 is 0. The Hall–Kier alpha value is -2.67. The molecule has 1 aromatic heterocycles. The molecule has 0 bridgehead atoms. The second-order valence-electron chi connectivity index (χ2n) is 7.79. The Kier molecular flexibility index (Phi) is 5.67. The van der Waals surface area contributed by atoms with E-state index in [1.54, 1.807) is 0 Å². The molecule has 2 aliphatic carbocycles. The van der Waals surface area contributed by atoms with Gasteiger partial charge in [-0.15, -0.1) is 11.3 Å². The van der Waals surface area contributed by atoms with Crippen LogP contribution in [-0.4, -0.2) is 28.9 Å². The number of carbonyl (C=O) groups is 3. The lowest BCUT2D eigenvalue weighted by atomic mass is 9.78. The van der Waals surface area contributed by atoms with Gasteiger partial charge < -0.3 is 15.7 Å². The number of anilines is 1. The fourth-order valence-corrected chi connectivity index (χ4v) is 4.91. The first-order valence-corrected chi connectivity index (χ1v) is 10.9. The van der Waals surface area contributed by atoms with Gasteiger partial charge in [-0.2, -0.15) is 0 Å². The molecule has 2 saturated carbocycles. The zero-order chi connectivity index (χ0) is 20.4. The van der Waals surface area contributed by atoms with E-state index >= 15 is 0 Å². The molecule has 0 radical (unpaired) electrons. The molecule has 3 N–H and O–H groups in total. The van der Waals surface area contributed by atoms with Gasteiger partial charge in [-0.05, 0) is 31.2 Å². The van der Waals surface area contributed by atoms with Crippen LogP contribution in [-0.2, 0) is 9.59 Å². The van der Waals surface area contributed by atoms with E-state index in [-0.39, 0.29) is 17.9 Å². The molecule has 152 valence electrons. The van der Waals surface area contributed by atoms with E-state index in [0.29, 0.717) is 23.4 Å². The Balaban J connectivity index is 1.62. The largest absolute Gasteiger partial charge is 0.481 e. The summed E-state index contributed by atoms with van der Waals surface area (Å²) in [5.41, 5.74) is 2.15. The first kappa shape index (κ1) is 19.6. The lowest BCUT2D eigenvalue weighted by Crippen LogP contribution is -2.36. The predicted molar refractivity (Wildman–Crippen MR) is 112 cm³/mol. The van der Waals surface area contributed by atoms with Gasteiger partial charge in [-0.1, -0.05) is 43.2 Å². The minimum absolute atomic E-state index is 0.193. The molecule has 0 saturated heterocycles. The third-order valence-corrected chi connectivity index (χ3v) is 6.57. The SMILES string of the molecule is O=C(NC1CC1)c1c(-c2ccccc2)csc1NC(=O)[C@@H]1CCCC[C@@H]1C(=O)O. The molecule has 0 aliphatic heterocycles. The van der Waals surface area contributed by atoms with E-state index in [0.717, 1.165) is 36.8 Å². The fourth-order valence-electron chi connectivity index (χ4n) is 3.94. The normalized spacial score (nSPS) is 21.4. The number of aliphatic carboxylic acids is 1. The van der Waals surface area contributed by atoms with Crippen LogP contribution >= 0.6 is 11.3 Å². The molecule has 2 atom stereocenters. The first-order valence-electron chi connectivity index (χ1n) is 10.1. The molecule has 2 fully saturated rings. The summed E-state index contributed by atoms with van der Waals surface area (Å²) in [7, 11) is 0. The van der Waals surface area contributed by atoms with Crippen LogP contribution < -0.4 is 10.6 Å². The van der Waals surface area contributed by atoms with E-state index in [1.165, 1.54) is 11.3 Å². The molecule has 2 aliphatic rings. The third-order valence-electron chi connectivity index (χ3n) is 5.67. The lowest BCUT2D eigenvalue weighted by Gasteiger charge is -2.27. The van der Waals surface area contributed by atoms with Crippen LogP contribution in [0.25, 0.3) is 11.1 Å². The van der Waals surface area contributed by atoms with Crippen molar-refractivity contribution >= 4 is 34.1 Å². The molecule has 4 rings (SSSR count). The Morgan fingerprint density at radius 1 is 0.966 bits per heavy atom. The summed E-state index contributed by atoms with van der Waals surface area (Å²) in [6.07, 6.45) is 4.69. The van der Waals surface area contributed by atoms with Gasteiger partial charge in [0.1, 0.15) is 5.00 Å². The van der Waals surface area contributed by atoms with Gasteiger partial charge in [-0.25, -0.2) is 0 Å². The zero-order valence-corrected chi connectivity index (χ0v) is 16.8. The number of carboxylic acid groups (broad SMARTS) is 1. The van der Waals surface area contributed by atoms with E-state index < -0.39 is 17.8 Å².